The van der Waals surface area contributed by atoms with E-state index in [9.17, 15) is 4.79 Å². The van der Waals surface area contributed by atoms with Crippen molar-refractivity contribution in [3.63, 3.8) is 0 Å². The van der Waals surface area contributed by atoms with Gasteiger partial charge in [0, 0.05) is 27.2 Å². The molecule has 2 aliphatic rings. The lowest BCUT2D eigenvalue weighted by atomic mass is 9.78. The fourth-order valence-corrected chi connectivity index (χ4v) is 3.47. The summed E-state index contributed by atoms with van der Waals surface area (Å²) in [7, 11) is 3.51. The summed E-state index contributed by atoms with van der Waals surface area (Å²) in [5, 5.41) is 3.87. The number of piperidine rings is 1. The molecule has 1 spiro atoms. The van der Waals surface area contributed by atoms with E-state index in [1.165, 1.54) is 0 Å². The second-order valence-electron chi connectivity index (χ2n) is 6.11. The number of carbonyl (C=O) groups excluding carboxylic acids is 1. The van der Waals surface area contributed by atoms with Gasteiger partial charge in [-0.05, 0) is 25.8 Å². The molecule has 0 saturated carbocycles. The summed E-state index contributed by atoms with van der Waals surface area (Å²) in [5.74, 6) is 1.45. The maximum atomic E-state index is 12.5. The van der Waals surface area contributed by atoms with Gasteiger partial charge in [0.1, 0.15) is 6.61 Å². The van der Waals surface area contributed by atoms with Crippen LogP contribution in [0, 0.1) is 5.41 Å². The molecule has 0 aromatic carbocycles. The third-order valence-corrected chi connectivity index (χ3v) is 4.52. The van der Waals surface area contributed by atoms with Crippen LogP contribution in [0.3, 0.4) is 0 Å². The normalized spacial score (nSPS) is 27.0. The van der Waals surface area contributed by atoms with Crippen LogP contribution in [0.4, 0.5) is 0 Å². The molecule has 7 nitrogen and oxygen atoms in total. The molecule has 1 amide bonds. The molecule has 21 heavy (non-hydrogen) atoms. The molecule has 0 bridgehead atoms. The van der Waals surface area contributed by atoms with Crippen LogP contribution in [0.25, 0.3) is 0 Å². The minimum atomic E-state index is -0.192. The molecule has 1 unspecified atom stereocenters. The smallest absolute Gasteiger partial charge is 0.240 e. The molecular formula is C14H22N4O3. The first-order chi connectivity index (χ1) is 10.1. The molecule has 3 rings (SSSR count). The fraction of sp³-hybridized carbons (Fsp3) is 0.786. The van der Waals surface area contributed by atoms with Gasteiger partial charge in [-0.3, -0.25) is 9.69 Å². The largest absolute Gasteiger partial charge is 0.377 e. The van der Waals surface area contributed by atoms with Crippen molar-refractivity contribution in [3.8, 4) is 0 Å². The Labute approximate surface area is 124 Å². The van der Waals surface area contributed by atoms with E-state index in [4.69, 9.17) is 9.26 Å². The van der Waals surface area contributed by atoms with Crippen molar-refractivity contribution >= 4 is 5.91 Å². The third-order valence-electron chi connectivity index (χ3n) is 4.52. The average Bonchev–Trinajstić information content (AvgIpc) is 3.06. The summed E-state index contributed by atoms with van der Waals surface area (Å²) in [6.07, 6.45) is 3.01. The van der Waals surface area contributed by atoms with Gasteiger partial charge in [0.05, 0.1) is 12.0 Å². The van der Waals surface area contributed by atoms with E-state index >= 15 is 0 Å². The molecule has 2 saturated heterocycles. The molecule has 2 aliphatic heterocycles. The number of rotatable bonds is 4. The predicted octanol–water partition coefficient (Wildman–Crippen LogP) is 0.660. The van der Waals surface area contributed by atoms with Crippen LogP contribution >= 0.6 is 0 Å². The summed E-state index contributed by atoms with van der Waals surface area (Å²) >= 11 is 0. The van der Waals surface area contributed by atoms with Crippen molar-refractivity contribution in [1.82, 2.24) is 19.9 Å². The van der Waals surface area contributed by atoms with Gasteiger partial charge in [0.2, 0.25) is 11.8 Å². The van der Waals surface area contributed by atoms with Crippen LogP contribution in [-0.4, -0.2) is 59.6 Å². The highest BCUT2D eigenvalue weighted by molar-refractivity contribution is 5.83. The predicted molar refractivity (Wildman–Crippen MR) is 74.2 cm³/mol. The molecule has 1 aromatic heterocycles. The maximum absolute atomic E-state index is 12.5. The number of carbonyl (C=O) groups is 1. The standard InChI is InChI=1S/C14H22N4O3/c1-17-6-3-4-14(13(17)19)5-7-18(10-14)8-12-15-11(9-20-2)16-21-12/h3-10H2,1-2H3. The molecule has 2 fully saturated rings. The number of aromatic nitrogens is 2. The lowest BCUT2D eigenvalue weighted by molar-refractivity contribution is -0.144. The Hall–Kier alpha value is -1.47. The first kappa shape index (κ1) is 14.5. The van der Waals surface area contributed by atoms with E-state index in [1.54, 1.807) is 7.11 Å². The number of hydrogen-bond acceptors (Lipinski definition) is 6. The Kier molecular flexibility index (Phi) is 3.95. The van der Waals surface area contributed by atoms with Crippen molar-refractivity contribution in [2.45, 2.75) is 32.4 Å². The zero-order chi connectivity index (χ0) is 14.9. The van der Waals surface area contributed by atoms with Crippen molar-refractivity contribution in [2.75, 3.05) is 33.8 Å². The second-order valence-corrected chi connectivity index (χ2v) is 6.11. The van der Waals surface area contributed by atoms with E-state index in [0.29, 0.717) is 30.8 Å². The molecule has 116 valence electrons. The van der Waals surface area contributed by atoms with Gasteiger partial charge in [0.15, 0.2) is 5.82 Å². The van der Waals surface area contributed by atoms with Gasteiger partial charge in [-0.2, -0.15) is 4.98 Å². The highest BCUT2D eigenvalue weighted by Crippen LogP contribution is 2.39. The van der Waals surface area contributed by atoms with Crippen LogP contribution in [0.15, 0.2) is 4.52 Å². The molecule has 0 aliphatic carbocycles. The average molecular weight is 294 g/mol. The van der Waals surface area contributed by atoms with Gasteiger partial charge < -0.3 is 14.2 Å². The third kappa shape index (κ3) is 2.80. The van der Waals surface area contributed by atoms with Gasteiger partial charge in [-0.25, -0.2) is 0 Å². The SMILES string of the molecule is COCc1noc(CN2CCC3(CCCN(C)C3=O)C2)n1. The molecule has 0 radical (unpaired) electrons. The van der Waals surface area contributed by atoms with Crippen LogP contribution in [0.2, 0.25) is 0 Å². The highest BCUT2D eigenvalue weighted by atomic mass is 16.5. The van der Waals surface area contributed by atoms with E-state index in [2.05, 4.69) is 15.0 Å². The monoisotopic (exact) mass is 294 g/mol. The van der Waals surface area contributed by atoms with Crippen LogP contribution in [-0.2, 0) is 22.7 Å². The van der Waals surface area contributed by atoms with E-state index in [-0.39, 0.29) is 5.41 Å². The first-order valence-electron chi connectivity index (χ1n) is 7.41. The Bertz CT molecular complexity index is 518. The second kappa shape index (κ2) is 5.73. The lowest BCUT2D eigenvalue weighted by Gasteiger charge is -2.37. The Morgan fingerprint density at radius 1 is 1.38 bits per heavy atom. The van der Waals surface area contributed by atoms with E-state index in [1.807, 2.05) is 11.9 Å². The van der Waals surface area contributed by atoms with Gasteiger partial charge in [-0.15, -0.1) is 0 Å². The van der Waals surface area contributed by atoms with Crippen LogP contribution in [0.1, 0.15) is 31.0 Å². The van der Waals surface area contributed by atoms with Crippen molar-refractivity contribution in [2.24, 2.45) is 5.41 Å². The fourth-order valence-electron chi connectivity index (χ4n) is 3.47. The Balaban J connectivity index is 1.62. The molecular weight excluding hydrogens is 272 g/mol. The highest BCUT2D eigenvalue weighted by Gasteiger charge is 2.47. The summed E-state index contributed by atoms with van der Waals surface area (Å²) in [4.78, 5) is 20.9. The summed E-state index contributed by atoms with van der Waals surface area (Å²) in [5.41, 5.74) is -0.192. The topological polar surface area (TPSA) is 71.7 Å². The number of amides is 1. The van der Waals surface area contributed by atoms with E-state index < -0.39 is 0 Å². The minimum Gasteiger partial charge on any atom is -0.377 e. The summed E-state index contributed by atoms with van der Waals surface area (Å²) in [6.45, 7) is 3.54. The zero-order valence-corrected chi connectivity index (χ0v) is 12.7. The first-order valence-corrected chi connectivity index (χ1v) is 7.41. The summed E-state index contributed by atoms with van der Waals surface area (Å²) < 4.78 is 10.2. The quantitative estimate of drug-likeness (QED) is 0.812. The number of nitrogens with zero attached hydrogens (tertiary/aromatic N) is 4. The summed E-state index contributed by atoms with van der Waals surface area (Å²) in [6, 6.07) is 0. The Morgan fingerprint density at radius 2 is 2.24 bits per heavy atom. The number of methoxy groups -OCH3 is 1. The van der Waals surface area contributed by atoms with Crippen molar-refractivity contribution in [3.05, 3.63) is 11.7 Å². The van der Waals surface area contributed by atoms with Gasteiger partial charge in [-0.1, -0.05) is 5.16 Å². The molecule has 0 N–H and O–H groups in total. The van der Waals surface area contributed by atoms with Gasteiger partial charge >= 0.3 is 0 Å². The number of ether oxygens (including phenoxy) is 1. The maximum Gasteiger partial charge on any atom is 0.240 e. The Morgan fingerprint density at radius 3 is 3.05 bits per heavy atom. The van der Waals surface area contributed by atoms with Gasteiger partial charge in [0.25, 0.3) is 0 Å². The van der Waals surface area contributed by atoms with Crippen molar-refractivity contribution < 1.29 is 14.1 Å². The van der Waals surface area contributed by atoms with Crippen LogP contribution in [0.5, 0.6) is 0 Å². The minimum absolute atomic E-state index is 0.192. The molecule has 1 atom stereocenters. The number of hydrogen-bond donors (Lipinski definition) is 0. The molecule has 7 heteroatoms. The molecule has 3 heterocycles. The zero-order valence-electron chi connectivity index (χ0n) is 12.7. The lowest BCUT2D eigenvalue weighted by Crippen LogP contribution is -2.48. The van der Waals surface area contributed by atoms with Crippen molar-refractivity contribution in [1.29, 1.82) is 0 Å². The number of likely N-dealkylation sites (tertiary alicyclic amines) is 2. The molecule has 1 aromatic rings. The van der Waals surface area contributed by atoms with E-state index in [0.717, 1.165) is 38.9 Å². The van der Waals surface area contributed by atoms with Crippen LogP contribution < -0.4 is 0 Å².